The molecule has 0 aromatic carbocycles. The van der Waals surface area contributed by atoms with Gasteiger partial charge in [-0.05, 0) is 25.9 Å². The molecule has 1 fully saturated rings. The fraction of sp³-hybridized carbons (Fsp3) is 0.818. The van der Waals surface area contributed by atoms with Crippen LogP contribution in [0.3, 0.4) is 0 Å². The van der Waals surface area contributed by atoms with Crippen LogP contribution in [0.1, 0.15) is 19.3 Å². The average Bonchev–Trinajstić information content (AvgIpc) is 2.53. The van der Waals surface area contributed by atoms with Crippen LogP contribution in [0.15, 0.2) is 0 Å². The van der Waals surface area contributed by atoms with Crippen LogP contribution in [0.4, 0.5) is 0 Å². The molecule has 1 heterocycles. The first kappa shape index (κ1) is 13.9. The summed E-state index contributed by atoms with van der Waals surface area (Å²) in [5.74, 6) is -0.838. The summed E-state index contributed by atoms with van der Waals surface area (Å²) in [7, 11) is 0. The Morgan fingerprint density at radius 1 is 1.29 bits per heavy atom. The quantitative estimate of drug-likeness (QED) is 0.535. The monoisotopic (exact) mass is 243 g/mol. The third-order valence-corrected chi connectivity index (χ3v) is 2.69. The first-order valence-electron chi connectivity index (χ1n) is 6.10. The summed E-state index contributed by atoms with van der Waals surface area (Å²) in [6.07, 6.45) is 1.66. The summed E-state index contributed by atoms with van der Waals surface area (Å²) >= 11 is 0. The van der Waals surface area contributed by atoms with Gasteiger partial charge < -0.3 is 15.7 Å². The minimum Gasteiger partial charge on any atom is -0.481 e. The molecule has 0 atom stereocenters. The summed E-state index contributed by atoms with van der Waals surface area (Å²) < 4.78 is 0. The molecule has 0 unspecified atom stereocenters. The van der Waals surface area contributed by atoms with E-state index in [1.54, 1.807) is 0 Å². The van der Waals surface area contributed by atoms with E-state index >= 15 is 0 Å². The fourth-order valence-corrected chi connectivity index (χ4v) is 1.79. The molecule has 0 aromatic rings. The van der Waals surface area contributed by atoms with Crippen LogP contribution in [0.5, 0.6) is 0 Å². The van der Waals surface area contributed by atoms with Crippen LogP contribution in [0.2, 0.25) is 0 Å². The van der Waals surface area contributed by atoms with Crippen molar-refractivity contribution in [3.63, 3.8) is 0 Å². The topological polar surface area (TPSA) is 81.7 Å². The Balaban J connectivity index is 2.08. The van der Waals surface area contributed by atoms with E-state index in [9.17, 15) is 9.59 Å². The Hall–Kier alpha value is -1.14. The van der Waals surface area contributed by atoms with Crippen molar-refractivity contribution in [1.82, 2.24) is 15.5 Å². The maximum absolute atomic E-state index is 11.5. The van der Waals surface area contributed by atoms with Crippen molar-refractivity contribution in [3.8, 4) is 0 Å². The third-order valence-electron chi connectivity index (χ3n) is 2.69. The number of hydrogen-bond acceptors (Lipinski definition) is 4. The van der Waals surface area contributed by atoms with E-state index in [0.29, 0.717) is 19.5 Å². The van der Waals surface area contributed by atoms with Gasteiger partial charge in [-0.25, -0.2) is 0 Å². The number of amides is 1. The van der Waals surface area contributed by atoms with Gasteiger partial charge in [0.25, 0.3) is 0 Å². The van der Waals surface area contributed by atoms with Gasteiger partial charge in [0, 0.05) is 26.1 Å². The predicted octanol–water partition coefficient (Wildman–Crippen LogP) is -0.737. The molecule has 6 heteroatoms. The van der Waals surface area contributed by atoms with E-state index in [1.807, 2.05) is 0 Å². The van der Waals surface area contributed by atoms with Gasteiger partial charge >= 0.3 is 5.97 Å². The lowest BCUT2D eigenvalue weighted by atomic mass is 10.3. The van der Waals surface area contributed by atoms with E-state index < -0.39 is 5.97 Å². The number of carbonyl (C=O) groups is 2. The van der Waals surface area contributed by atoms with Gasteiger partial charge in [-0.15, -0.1) is 0 Å². The molecule has 17 heavy (non-hydrogen) atoms. The van der Waals surface area contributed by atoms with E-state index in [4.69, 9.17) is 5.11 Å². The fourth-order valence-electron chi connectivity index (χ4n) is 1.79. The standard InChI is InChI=1S/C11H21N3O3/c15-10(13-5-1-3-11(16)17)9-14-7-2-4-12-6-8-14/h12H,1-9H2,(H,13,15)(H,16,17). The van der Waals surface area contributed by atoms with E-state index in [-0.39, 0.29) is 12.3 Å². The van der Waals surface area contributed by atoms with Crippen molar-refractivity contribution in [2.24, 2.45) is 0 Å². The molecule has 6 nitrogen and oxygen atoms in total. The molecule has 1 saturated heterocycles. The van der Waals surface area contributed by atoms with Crippen molar-refractivity contribution in [2.45, 2.75) is 19.3 Å². The molecular weight excluding hydrogens is 222 g/mol. The lowest BCUT2D eigenvalue weighted by molar-refractivity contribution is -0.137. The summed E-state index contributed by atoms with van der Waals surface area (Å²) in [6.45, 7) is 4.62. The number of carboxylic acid groups (broad SMARTS) is 1. The molecular formula is C11H21N3O3. The van der Waals surface area contributed by atoms with Crippen molar-refractivity contribution >= 4 is 11.9 Å². The smallest absolute Gasteiger partial charge is 0.303 e. The van der Waals surface area contributed by atoms with Crippen LogP contribution in [-0.2, 0) is 9.59 Å². The summed E-state index contributed by atoms with van der Waals surface area (Å²) in [5, 5.41) is 14.5. The zero-order valence-corrected chi connectivity index (χ0v) is 10.1. The molecule has 0 aromatic heterocycles. The second kappa shape index (κ2) is 8.03. The highest BCUT2D eigenvalue weighted by Crippen LogP contribution is 1.94. The van der Waals surface area contributed by atoms with Crippen molar-refractivity contribution < 1.29 is 14.7 Å². The number of carbonyl (C=O) groups excluding carboxylic acids is 1. The van der Waals surface area contributed by atoms with Crippen molar-refractivity contribution in [1.29, 1.82) is 0 Å². The normalized spacial score (nSPS) is 17.4. The maximum atomic E-state index is 11.5. The minimum atomic E-state index is -0.821. The lowest BCUT2D eigenvalue weighted by Gasteiger charge is -2.18. The third kappa shape index (κ3) is 6.91. The van der Waals surface area contributed by atoms with Gasteiger partial charge in [-0.2, -0.15) is 0 Å². The Kier molecular flexibility index (Phi) is 6.57. The van der Waals surface area contributed by atoms with Crippen LogP contribution in [-0.4, -0.2) is 61.2 Å². The zero-order chi connectivity index (χ0) is 12.5. The molecule has 0 aliphatic carbocycles. The first-order valence-corrected chi connectivity index (χ1v) is 6.10. The van der Waals surface area contributed by atoms with Gasteiger partial charge in [0.05, 0.1) is 6.54 Å². The van der Waals surface area contributed by atoms with E-state index in [2.05, 4.69) is 15.5 Å². The van der Waals surface area contributed by atoms with Gasteiger partial charge in [0.1, 0.15) is 0 Å². The molecule has 1 rings (SSSR count). The summed E-state index contributed by atoms with van der Waals surface area (Å²) in [5.41, 5.74) is 0. The Morgan fingerprint density at radius 2 is 2.12 bits per heavy atom. The lowest BCUT2D eigenvalue weighted by Crippen LogP contribution is -2.39. The molecule has 1 amide bonds. The predicted molar refractivity (Wildman–Crippen MR) is 63.8 cm³/mol. The maximum Gasteiger partial charge on any atom is 0.303 e. The molecule has 1 aliphatic rings. The highest BCUT2D eigenvalue weighted by molar-refractivity contribution is 5.78. The second-order valence-electron chi connectivity index (χ2n) is 4.23. The number of hydrogen-bond donors (Lipinski definition) is 3. The van der Waals surface area contributed by atoms with Crippen molar-refractivity contribution in [2.75, 3.05) is 39.3 Å². The molecule has 0 radical (unpaired) electrons. The van der Waals surface area contributed by atoms with E-state index in [0.717, 1.165) is 32.6 Å². The van der Waals surface area contributed by atoms with Crippen LogP contribution in [0.25, 0.3) is 0 Å². The Morgan fingerprint density at radius 3 is 2.88 bits per heavy atom. The highest BCUT2D eigenvalue weighted by Gasteiger charge is 2.12. The number of nitrogens with one attached hydrogen (secondary N) is 2. The largest absolute Gasteiger partial charge is 0.481 e. The SMILES string of the molecule is O=C(O)CCCNC(=O)CN1CCCNCC1. The number of carboxylic acids is 1. The van der Waals surface area contributed by atoms with Gasteiger partial charge in [0.15, 0.2) is 0 Å². The van der Waals surface area contributed by atoms with Gasteiger partial charge in [-0.1, -0.05) is 0 Å². The van der Waals surface area contributed by atoms with Gasteiger partial charge in [-0.3, -0.25) is 14.5 Å². The summed E-state index contributed by atoms with van der Waals surface area (Å²) in [6, 6.07) is 0. The molecule has 0 saturated carbocycles. The van der Waals surface area contributed by atoms with Crippen molar-refractivity contribution in [3.05, 3.63) is 0 Å². The molecule has 98 valence electrons. The molecule has 1 aliphatic heterocycles. The molecule has 0 bridgehead atoms. The average molecular weight is 243 g/mol. The number of nitrogens with zero attached hydrogens (tertiary/aromatic N) is 1. The molecule has 0 spiro atoms. The highest BCUT2D eigenvalue weighted by atomic mass is 16.4. The van der Waals surface area contributed by atoms with Crippen LogP contribution >= 0.6 is 0 Å². The Labute approximate surface area is 101 Å². The minimum absolute atomic E-state index is 0.0164. The first-order chi connectivity index (χ1) is 8.18. The zero-order valence-electron chi connectivity index (χ0n) is 10.1. The molecule has 3 N–H and O–H groups in total. The number of rotatable bonds is 6. The summed E-state index contributed by atoms with van der Waals surface area (Å²) in [4.78, 5) is 23.9. The Bertz CT molecular complexity index is 250. The van der Waals surface area contributed by atoms with E-state index in [1.165, 1.54) is 0 Å². The van der Waals surface area contributed by atoms with Crippen LogP contribution < -0.4 is 10.6 Å². The van der Waals surface area contributed by atoms with Crippen LogP contribution in [0, 0.1) is 0 Å². The second-order valence-corrected chi connectivity index (χ2v) is 4.23. The number of aliphatic carboxylic acids is 1. The van der Waals surface area contributed by atoms with Gasteiger partial charge in [0.2, 0.25) is 5.91 Å².